The Morgan fingerprint density at radius 1 is 0.773 bits per heavy atom. The van der Waals surface area contributed by atoms with Crippen LogP contribution in [0.3, 0.4) is 0 Å². The molecule has 6 heteroatoms. The number of carbonyl (C=O) groups is 4. The number of rotatable bonds is 12. The molecular weight excluding hydrogens is 284 g/mol. The summed E-state index contributed by atoms with van der Waals surface area (Å²) in [5.74, 6) is -0.0535. The Balaban J connectivity index is 4.42. The van der Waals surface area contributed by atoms with Gasteiger partial charge in [-0.1, -0.05) is 0 Å². The van der Waals surface area contributed by atoms with E-state index in [0.29, 0.717) is 25.7 Å². The summed E-state index contributed by atoms with van der Waals surface area (Å²) in [5.41, 5.74) is 0. The Hall–Kier alpha value is -1.56. The average Bonchev–Trinajstić information content (AvgIpc) is 2.39. The molecule has 126 valence electrons. The molecule has 0 fully saturated rings. The standard InChI is InChI=1S/C16H28N2O4/c1-11(19)5-7-14(17-4)10-16(22)18-15(9-13(3)21)8-6-12(2)20/h14-15,17H,5-10H2,1-4H3,(H,18,22). The van der Waals surface area contributed by atoms with Crippen molar-refractivity contribution < 1.29 is 19.2 Å². The minimum absolute atomic E-state index is 0.0180. The molecule has 22 heavy (non-hydrogen) atoms. The fraction of sp³-hybridized carbons (Fsp3) is 0.750. The highest BCUT2D eigenvalue weighted by molar-refractivity contribution is 5.80. The van der Waals surface area contributed by atoms with Crippen molar-refractivity contribution >= 4 is 23.3 Å². The Bertz CT molecular complexity index is 407. The second kappa shape index (κ2) is 11.1. The summed E-state index contributed by atoms with van der Waals surface area (Å²) in [6.07, 6.45) is 2.33. The molecule has 0 aliphatic heterocycles. The third-order valence-electron chi connectivity index (χ3n) is 3.43. The van der Waals surface area contributed by atoms with Gasteiger partial charge < -0.3 is 20.2 Å². The minimum atomic E-state index is -0.306. The quantitative estimate of drug-likeness (QED) is 0.564. The summed E-state index contributed by atoms with van der Waals surface area (Å²) in [6.45, 7) is 4.49. The zero-order valence-corrected chi connectivity index (χ0v) is 14.0. The predicted octanol–water partition coefficient (Wildman–Crippen LogP) is 1.17. The van der Waals surface area contributed by atoms with E-state index in [4.69, 9.17) is 0 Å². The first kappa shape index (κ1) is 20.4. The zero-order valence-electron chi connectivity index (χ0n) is 14.0. The number of nitrogens with one attached hydrogen (secondary N) is 2. The average molecular weight is 312 g/mol. The first-order valence-corrected chi connectivity index (χ1v) is 7.69. The lowest BCUT2D eigenvalue weighted by Gasteiger charge is -2.20. The van der Waals surface area contributed by atoms with E-state index in [1.165, 1.54) is 20.8 Å². The van der Waals surface area contributed by atoms with Crippen molar-refractivity contribution in [3.05, 3.63) is 0 Å². The summed E-state index contributed by atoms with van der Waals surface area (Å²) in [6, 6.07) is -0.381. The summed E-state index contributed by atoms with van der Waals surface area (Å²) in [7, 11) is 1.75. The molecule has 0 heterocycles. The van der Waals surface area contributed by atoms with Crippen LogP contribution >= 0.6 is 0 Å². The van der Waals surface area contributed by atoms with Gasteiger partial charge in [-0.3, -0.25) is 9.59 Å². The molecule has 6 nitrogen and oxygen atoms in total. The lowest BCUT2D eigenvalue weighted by molar-refractivity contribution is -0.124. The molecule has 2 unspecified atom stereocenters. The number of hydrogen-bond acceptors (Lipinski definition) is 5. The van der Waals surface area contributed by atoms with Crippen LogP contribution in [-0.2, 0) is 19.2 Å². The van der Waals surface area contributed by atoms with E-state index in [-0.39, 0.29) is 48.2 Å². The van der Waals surface area contributed by atoms with Crippen molar-refractivity contribution in [3.63, 3.8) is 0 Å². The van der Waals surface area contributed by atoms with Crippen LogP contribution in [0.2, 0.25) is 0 Å². The van der Waals surface area contributed by atoms with Gasteiger partial charge in [-0.2, -0.15) is 0 Å². The molecule has 0 aromatic heterocycles. The van der Waals surface area contributed by atoms with Crippen LogP contribution < -0.4 is 10.6 Å². The van der Waals surface area contributed by atoms with Crippen LogP contribution in [0.5, 0.6) is 0 Å². The smallest absolute Gasteiger partial charge is 0.221 e. The zero-order chi connectivity index (χ0) is 17.1. The highest BCUT2D eigenvalue weighted by atomic mass is 16.2. The molecular formula is C16H28N2O4. The van der Waals surface area contributed by atoms with Crippen molar-refractivity contribution in [2.45, 2.75) is 71.4 Å². The monoisotopic (exact) mass is 312 g/mol. The van der Waals surface area contributed by atoms with Gasteiger partial charge in [0, 0.05) is 37.8 Å². The van der Waals surface area contributed by atoms with Crippen molar-refractivity contribution in [2.24, 2.45) is 0 Å². The van der Waals surface area contributed by atoms with E-state index in [1.807, 2.05) is 0 Å². The maximum absolute atomic E-state index is 12.1. The fourth-order valence-electron chi connectivity index (χ4n) is 2.19. The Morgan fingerprint density at radius 2 is 1.27 bits per heavy atom. The molecule has 0 radical (unpaired) electrons. The Morgan fingerprint density at radius 3 is 1.68 bits per heavy atom. The molecule has 1 amide bonds. The van der Waals surface area contributed by atoms with E-state index in [2.05, 4.69) is 10.6 Å². The van der Waals surface area contributed by atoms with Crippen molar-refractivity contribution in [1.82, 2.24) is 10.6 Å². The molecule has 0 aliphatic rings. The van der Waals surface area contributed by atoms with Gasteiger partial charge in [0.2, 0.25) is 5.91 Å². The number of carbonyl (C=O) groups excluding carboxylic acids is 4. The van der Waals surface area contributed by atoms with Gasteiger partial charge in [-0.15, -0.1) is 0 Å². The highest BCUT2D eigenvalue weighted by Crippen LogP contribution is 2.07. The van der Waals surface area contributed by atoms with E-state index >= 15 is 0 Å². The van der Waals surface area contributed by atoms with Gasteiger partial charge in [-0.25, -0.2) is 0 Å². The van der Waals surface area contributed by atoms with Crippen LogP contribution in [0.15, 0.2) is 0 Å². The molecule has 0 bridgehead atoms. The molecule has 0 aromatic carbocycles. The summed E-state index contributed by atoms with van der Waals surface area (Å²) in [5, 5.41) is 5.84. The van der Waals surface area contributed by atoms with Crippen LogP contribution in [-0.4, -0.2) is 42.4 Å². The Kier molecular flexibility index (Phi) is 10.3. The SMILES string of the molecule is CNC(CCC(C)=O)CC(=O)NC(CCC(C)=O)CC(C)=O. The second-order valence-corrected chi connectivity index (χ2v) is 5.84. The molecule has 0 saturated carbocycles. The maximum atomic E-state index is 12.1. The molecule has 0 aliphatic carbocycles. The lowest BCUT2D eigenvalue weighted by atomic mass is 10.0. The van der Waals surface area contributed by atoms with Gasteiger partial charge >= 0.3 is 0 Å². The summed E-state index contributed by atoms with van der Waals surface area (Å²) >= 11 is 0. The molecule has 2 atom stereocenters. The summed E-state index contributed by atoms with van der Waals surface area (Å²) in [4.78, 5) is 45.4. The van der Waals surface area contributed by atoms with E-state index in [1.54, 1.807) is 7.05 Å². The number of ketones is 3. The lowest BCUT2D eigenvalue weighted by Crippen LogP contribution is -2.40. The third kappa shape index (κ3) is 11.1. The number of Topliss-reactive ketones (excluding diaryl/α,β-unsaturated/α-hetero) is 3. The van der Waals surface area contributed by atoms with Gasteiger partial charge in [0.1, 0.15) is 17.3 Å². The molecule has 2 N–H and O–H groups in total. The van der Waals surface area contributed by atoms with Crippen LogP contribution in [0.4, 0.5) is 0 Å². The van der Waals surface area contributed by atoms with Gasteiger partial charge in [0.25, 0.3) is 0 Å². The third-order valence-corrected chi connectivity index (χ3v) is 3.43. The first-order valence-electron chi connectivity index (χ1n) is 7.69. The van der Waals surface area contributed by atoms with Crippen molar-refractivity contribution in [3.8, 4) is 0 Å². The first-order chi connectivity index (χ1) is 10.2. The van der Waals surface area contributed by atoms with Gasteiger partial charge in [0.05, 0.1) is 0 Å². The van der Waals surface area contributed by atoms with Gasteiger partial charge in [-0.05, 0) is 40.7 Å². The normalized spacial score (nSPS) is 13.3. The van der Waals surface area contributed by atoms with E-state index in [9.17, 15) is 19.2 Å². The van der Waals surface area contributed by atoms with Crippen LogP contribution in [0, 0.1) is 0 Å². The molecule has 0 saturated heterocycles. The Labute approximate surface area is 132 Å². The highest BCUT2D eigenvalue weighted by Gasteiger charge is 2.18. The van der Waals surface area contributed by atoms with Crippen molar-refractivity contribution in [1.29, 1.82) is 0 Å². The van der Waals surface area contributed by atoms with Crippen LogP contribution in [0.1, 0.15) is 59.3 Å². The summed E-state index contributed by atoms with van der Waals surface area (Å²) < 4.78 is 0. The van der Waals surface area contributed by atoms with Crippen LogP contribution in [0.25, 0.3) is 0 Å². The number of hydrogen-bond donors (Lipinski definition) is 2. The number of amides is 1. The molecule has 0 aromatic rings. The van der Waals surface area contributed by atoms with E-state index < -0.39 is 0 Å². The predicted molar refractivity (Wildman–Crippen MR) is 84.5 cm³/mol. The largest absolute Gasteiger partial charge is 0.353 e. The second-order valence-electron chi connectivity index (χ2n) is 5.84. The minimum Gasteiger partial charge on any atom is -0.353 e. The molecule has 0 rings (SSSR count). The molecule has 0 spiro atoms. The van der Waals surface area contributed by atoms with Gasteiger partial charge in [0.15, 0.2) is 0 Å². The van der Waals surface area contributed by atoms with Crippen molar-refractivity contribution in [2.75, 3.05) is 7.05 Å². The fourth-order valence-corrected chi connectivity index (χ4v) is 2.19. The van der Waals surface area contributed by atoms with E-state index in [0.717, 1.165) is 0 Å². The topological polar surface area (TPSA) is 92.3 Å². The maximum Gasteiger partial charge on any atom is 0.221 e.